The van der Waals surface area contributed by atoms with Gasteiger partial charge in [0, 0.05) is 17.2 Å². The van der Waals surface area contributed by atoms with Crippen LogP contribution in [0.5, 0.6) is 0 Å². The zero-order valence-electron chi connectivity index (χ0n) is 11.8. The quantitative estimate of drug-likeness (QED) is 0.429. The summed E-state index contributed by atoms with van der Waals surface area (Å²) in [6, 6.07) is 0. The van der Waals surface area contributed by atoms with Gasteiger partial charge in [-0.1, -0.05) is 5.16 Å². The molecular weight excluding hydrogens is 337 g/mol. The highest BCUT2D eigenvalue weighted by Gasteiger charge is 2.29. The van der Waals surface area contributed by atoms with Gasteiger partial charge in [-0.05, 0) is 13.8 Å². The average molecular weight is 353 g/mol. The number of hydrogen-bond acceptors (Lipinski definition) is 10. The van der Waals surface area contributed by atoms with E-state index < -0.39 is 12.7 Å². The maximum atomic E-state index is 12.2. The smallest absolute Gasteiger partial charge is 0.383 e. The molecule has 0 amide bonds. The number of oxime groups is 1. The highest BCUT2D eigenvalue weighted by atomic mass is 32.5. The van der Waals surface area contributed by atoms with E-state index in [0.29, 0.717) is 0 Å². The largest absolute Gasteiger partial charge is 0.398 e. The van der Waals surface area contributed by atoms with Crippen LogP contribution in [0.25, 0.3) is 0 Å². The van der Waals surface area contributed by atoms with Gasteiger partial charge in [0.2, 0.25) is 5.71 Å². The maximum absolute atomic E-state index is 12.2. The molecule has 1 heterocycles. The van der Waals surface area contributed by atoms with Gasteiger partial charge in [-0.15, -0.1) is 11.3 Å². The summed E-state index contributed by atoms with van der Waals surface area (Å²) in [5, 5.41) is 5.45. The fourth-order valence-electron chi connectivity index (χ4n) is 1.23. The molecule has 0 atom stereocenters. The molecule has 8 nitrogen and oxygen atoms in total. The minimum absolute atomic E-state index is 0.154. The van der Waals surface area contributed by atoms with Crippen molar-refractivity contribution in [1.29, 1.82) is 0 Å². The first-order valence-corrected chi connectivity index (χ1v) is 9.34. The van der Waals surface area contributed by atoms with Gasteiger partial charge in [0.15, 0.2) is 5.13 Å². The molecule has 0 radical (unpaired) electrons. The molecule has 118 valence electrons. The second-order valence-corrected chi connectivity index (χ2v) is 7.18. The minimum Gasteiger partial charge on any atom is -0.398 e. The molecule has 0 saturated carbocycles. The number of nitrogens with two attached hydrogens (primary N) is 1. The Labute approximate surface area is 131 Å². The number of aromatic nitrogens is 1. The summed E-state index contributed by atoms with van der Waals surface area (Å²) in [6.07, 6.45) is 0. The van der Waals surface area contributed by atoms with Gasteiger partial charge in [-0.3, -0.25) is 9.05 Å². The fourth-order valence-corrected chi connectivity index (χ4v) is 3.71. The van der Waals surface area contributed by atoms with Crippen LogP contribution in [0.3, 0.4) is 0 Å². The molecule has 0 aromatic carbocycles. The number of hydrogen-bond donors (Lipinski definition) is 1. The fraction of sp³-hybridized carbons (Fsp3) is 0.500. The molecule has 0 fully saturated rings. The third-order valence-electron chi connectivity index (χ3n) is 1.91. The van der Waals surface area contributed by atoms with Crippen molar-refractivity contribution in [2.45, 2.75) is 13.8 Å². The summed E-state index contributed by atoms with van der Waals surface area (Å²) >= 11 is 6.28. The van der Waals surface area contributed by atoms with E-state index in [1.54, 1.807) is 19.2 Å². The summed E-state index contributed by atoms with van der Waals surface area (Å²) in [5.41, 5.74) is 5.61. The van der Waals surface area contributed by atoms with E-state index in [4.69, 9.17) is 31.1 Å². The molecule has 1 aromatic heterocycles. The molecule has 0 saturated heterocycles. The SMILES string of the molecule is CCOP(=S)(OCC)OC(=O)C(=NOC)c1csc(N)n1. The van der Waals surface area contributed by atoms with Gasteiger partial charge >= 0.3 is 12.7 Å². The Morgan fingerprint density at radius 3 is 2.52 bits per heavy atom. The first-order chi connectivity index (χ1) is 9.95. The Morgan fingerprint density at radius 2 is 2.10 bits per heavy atom. The van der Waals surface area contributed by atoms with Crippen LogP contribution < -0.4 is 5.73 Å². The lowest BCUT2D eigenvalue weighted by Crippen LogP contribution is -2.20. The number of carbonyl (C=O) groups excluding carboxylic acids is 1. The summed E-state index contributed by atoms with van der Waals surface area (Å²) in [6.45, 7) is 0.778. The Bertz CT molecular complexity index is 553. The van der Waals surface area contributed by atoms with Crippen molar-refractivity contribution in [2.75, 3.05) is 26.1 Å². The van der Waals surface area contributed by atoms with Crippen LogP contribution in [-0.2, 0) is 35.0 Å². The van der Waals surface area contributed by atoms with Crippen molar-refractivity contribution in [3.05, 3.63) is 11.1 Å². The zero-order chi connectivity index (χ0) is 15.9. The predicted molar refractivity (Wildman–Crippen MR) is 83.7 cm³/mol. The maximum Gasteiger partial charge on any atom is 0.383 e. The summed E-state index contributed by atoms with van der Waals surface area (Å²) in [5.74, 6) is -0.840. The van der Waals surface area contributed by atoms with Gasteiger partial charge in [-0.25, -0.2) is 9.78 Å². The molecular formula is C10H16N3O5PS2. The van der Waals surface area contributed by atoms with Crippen LogP contribution in [0.4, 0.5) is 5.13 Å². The highest BCUT2D eigenvalue weighted by molar-refractivity contribution is 8.07. The number of nitrogens with zero attached hydrogens (tertiary/aromatic N) is 2. The lowest BCUT2D eigenvalue weighted by atomic mass is 10.3. The molecule has 0 aliphatic carbocycles. The van der Waals surface area contributed by atoms with E-state index in [2.05, 4.69) is 15.0 Å². The van der Waals surface area contributed by atoms with Crippen LogP contribution in [0.2, 0.25) is 0 Å². The monoisotopic (exact) mass is 353 g/mol. The molecule has 1 aromatic rings. The van der Waals surface area contributed by atoms with Crippen molar-refractivity contribution in [3.8, 4) is 0 Å². The van der Waals surface area contributed by atoms with Crippen LogP contribution in [0.15, 0.2) is 10.5 Å². The van der Waals surface area contributed by atoms with E-state index in [1.807, 2.05) is 0 Å². The van der Waals surface area contributed by atoms with Crippen molar-refractivity contribution in [2.24, 2.45) is 5.16 Å². The number of nitrogen functional groups attached to an aromatic ring is 1. The Kier molecular flexibility index (Phi) is 7.20. The van der Waals surface area contributed by atoms with Crippen LogP contribution >= 0.6 is 18.1 Å². The van der Waals surface area contributed by atoms with Gasteiger partial charge in [0.05, 0.1) is 13.2 Å². The van der Waals surface area contributed by atoms with Crippen molar-refractivity contribution in [1.82, 2.24) is 4.98 Å². The predicted octanol–water partition coefficient (Wildman–Crippen LogP) is 1.92. The third-order valence-corrected chi connectivity index (χ3v) is 4.98. The molecule has 0 bridgehead atoms. The lowest BCUT2D eigenvalue weighted by Gasteiger charge is -2.19. The number of anilines is 1. The first kappa shape index (κ1) is 18.0. The molecule has 0 aliphatic heterocycles. The molecule has 2 N–H and O–H groups in total. The highest BCUT2D eigenvalue weighted by Crippen LogP contribution is 2.49. The van der Waals surface area contributed by atoms with E-state index in [1.165, 1.54) is 7.11 Å². The average Bonchev–Trinajstić information content (AvgIpc) is 2.82. The standard InChI is InChI=1S/C10H16N3O5PS2/c1-4-16-19(20,17-5-2)18-9(14)8(13-15-3)7-6-21-10(11)12-7/h6H,4-5H2,1-3H3,(H2,11,12). The topological polar surface area (TPSA) is 105 Å². The van der Waals surface area contributed by atoms with E-state index in [9.17, 15) is 4.79 Å². The van der Waals surface area contributed by atoms with Crippen LogP contribution in [0.1, 0.15) is 19.5 Å². The Hall–Kier alpha value is -1.06. The second-order valence-electron chi connectivity index (χ2n) is 3.35. The molecule has 1 rings (SSSR count). The lowest BCUT2D eigenvalue weighted by molar-refractivity contribution is -0.128. The summed E-state index contributed by atoms with van der Waals surface area (Å²) in [4.78, 5) is 20.8. The molecule has 0 unspecified atom stereocenters. The number of thiazole rings is 1. The second kappa shape index (κ2) is 8.40. The van der Waals surface area contributed by atoms with Gasteiger partial charge in [0.25, 0.3) is 0 Å². The van der Waals surface area contributed by atoms with E-state index in [0.717, 1.165) is 11.3 Å². The van der Waals surface area contributed by atoms with Crippen molar-refractivity contribution >= 4 is 46.7 Å². The van der Waals surface area contributed by atoms with E-state index >= 15 is 0 Å². The van der Waals surface area contributed by atoms with Crippen LogP contribution in [0, 0.1) is 0 Å². The summed E-state index contributed by atoms with van der Waals surface area (Å²) in [7, 11) is 1.30. The number of rotatable bonds is 8. The third kappa shape index (κ3) is 5.33. The van der Waals surface area contributed by atoms with E-state index in [-0.39, 0.29) is 29.8 Å². The Morgan fingerprint density at radius 1 is 1.48 bits per heavy atom. The van der Waals surface area contributed by atoms with Crippen molar-refractivity contribution in [3.63, 3.8) is 0 Å². The molecule has 0 aliphatic rings. The Balaban J connectivity index is 2.97. The molecule has 0 spiro atoms. The van der Waals surface area contributed by atoms with Gasteiger partial charge < -0.3 is 15.1 Å². The molecule has 11 heteroatoms. The van der Waals surface area contributed by atoms with Crippen LogP contribution in [-0.4, -0.2) is 37.0 Å². The van der Waals surface area contributed by atoms with Crippen molar-refractivity contribution < 1.29 is 23.2 Å². The van der Waals surface area contributed by atoms with Gasteiger partial charge in [-0.2, -0.15) is 0 Å². The number of carbonyl (C=O) groups is 1. The summed E-state index contributed by atoms with van der Waals surface area (Å²) < 4.78 is 15.6. The van der Waals surface area contributed by atoms with Gasteiger partial charge in [0.1, 0.15) is 12.8 Å². The molecule has 21 heavy (non-hydrogen) atoms. The minimum atomic E-state index is -3.17. The first-order valence-electron chi connectivity index (χ1n) is 5.91. The zero-order valence-corrected chi connectivity index (χ0v) is 14.3. The normalized spacial score (nSPS) is 12.2.